The van der Waals surface area contributed by atoms with Crippen molar-refractivity contribution in [2.24, 2.45) is 0 Å². The topological polar surface area (TPSA) is 40.5 Å². The number of phenolic OH excluding ortho intramolecular Hbond substituents is 1. The molecule has 0 aliphatic rings. The predicted octanol–water partition coefficient (Wildman–Crippen LogP) is 2.66. The van der Waals surface area contributed by atoms with Gasteiger partial charge in [-0.1, -0.05) is 12.1 Å². The Labute approximate surface area is 70.1 Å². The Bertz CT molecular complexity index is 220. The predicted molar refractivity (Wildman–Crippen MR) is 46.7 cm³/mol. The molecule has 3 heteroatoms. The maximum Gasteiger partial charge on any atom is 0.115 e. The number of rotatable bonds is 2. The van der Waals surface area contributed by atoms with E-state index < -0.39 is 0 Å². The molecule has 1 atom stereocenters. The fourth-order valence-corrected chi connectivity index (χ4v) is 1.09. The third kappa shape index (κ3) is 2.13. The van der Waals surface area contributed by atoms with Crippen molar-refractivity contribution < 1.29 is 9.66 Å². The van der Waals surface area contributed by atoms with Gasteiger partial charge in [0.1, 0.15) is 5.75 Å². The van der Waals surface area contributed by atoms with Gasteiger partial charge in [0.15, 0.2) is 0 Å². The van der Waals surface area contributed by atoms with Crippen molar-refractivity contribution >= 4 is 12.0 Å². The van der Waals surface area contributed by atoms with Crippen LogP contribution >= 0.6 is 12.0 Å². The van der Waals surface area contributed by atoms with Crippen LogP contribution in [0.1, 0.15) is 17.7 Å². The van der Waals surface area contributed by atoms with Gasteiger partial charge >= 0.3 is 0 Å². The van der Waals surface area contributed by atoms with Gasteiger partial charge in [-0.15, -0.1) is 0 Å². The monoisotopic (exact) mass is 170 g/mol. The molecule has 2 nitrogen and oxygen atoms in total. The van der Waals surface area contributed by atoms with E-state index in [1.54, 1.807) is 24.3 Å². The van der Waals surface area contributed by atoms with E-state index in [0.29, 0.717) is 0 Å². The number of hydrogen-bond donors (Lipinski definition) is 2. The van der Waals surface area contributed by atoms with E-state index in [2.05, 4.69) is 0 Å². The number of aromatic hydroxyl groups is 1. The Balaban J connectivity index is 2.81. The average Bonchev–Trinajstić information content (AvgIpc) is 2.05. The van der Waals surface area contributed by atoms with Crippen LogP contribution in [0.25, 0.3) is 0 Å². The van der Waals surface area contributed by atoms with E-state index in [9.17, 15) is 0 Å². The van der Waals surface area contributed by atoms with Crippen LogP contribution in [0, 0.1) is 0 Å². The van der Waals surface area contributed by atoms with Crippen LogP contribution in [0.2, 0.25) is 0 Å². The van der Waals surface area contributed by atoms with E-state index in [1.165, 1.54) is 0 Å². The third-order valence-corrected chi connectivity index (χ3v) is 2.11. The van der Waals surface area contributed by atoms with Gasteiger partial charge < -0.3 is 9.66 Å². The van der Waals surface area contributed by atoms with E-state index in [1.807, 2.05) is 6.92 Å². The quantitative estimate of drug-likeness (QED) is 0.670. The average molecular weight is 170 g/mol. The first-order valence-electron chi connectivity index (χ1n) is 3.33. The molecule has 0 bridgehead atoms. The summed E-state index contributed by atoms with van der Waals surface area (Å²) in [5, 5.41) is 9.01. The molecule has 0 amide bonds. The molecule has 11 heavy (non-hydrogen) atoms. The van der Waals surface area contributed by atoms with Crippen molar-refractivity contribution in [1.29, 1.82) is 0 Å². The molecule has 60 valence electrons. The number of hydrogen-bond acceptors (Lipinski definition) is 3. The summed E-state index contributed by atoms with van der Waals surface area (Å²) in [5.74, 6) is 0.254. The SMILES string of the molecule is CC(SO)c1ccc(O)cc1. The van der Waals surface area contributed by atoms with Crippen molar-refractivity contribution in [3.8, 4) is 5.75 Å². The minimum atomic E-state index is 0.0654. The Morgan fingerprint density at radius 2 is 1.82 bits per heavy atom. The molecule has 0 aliphatic heterocycles. The van der Waals surface area contributed by atoms with Gasteiger partial charge in [0.2, 0.25) is 0 Å². The van der Waals surface area contributed by atoms with Crippen molar-refractivity contribution in [3.05, 3.63) is 29.8 Å². The van der Waals surface area contributed by atoms with E-state index >= 15 is 0 Å². The molecular weight excluding hydrogens is 160 g/mol. The van der Waals surface area contributed by atoms with Crippen LogP contribution in [0.5, 0.6) is 5.75 Å². The first-order valence-corrected chi connectivity index (χ1v) is 4.17. The van der Waals surface area contributed by atoms with Crippen molar-refractivity contribution in [2.45, 2.75) is 12.2 Å². The molecule has 1 unspecified atom stereocenters. The minimum Gasteiger partial charge on any atom is -0.508 e. The maximum absolute atomic E-state index is 8.94. The zero-order valence-electron chi connectivity index (χ0n) is 6.19. The summed E-state index contributed by atoms with van der Waals surface area (Å²) in [6.45, 7) is 1.90. The van der Waals surface area contributed by atoms with Crippen molar-refractivity contribution in [2.75, 3.05) is 0 Å². The lowest BCUT2D eigenvalue weighted by atomic mass is 10.2. The van der Waals surface area contributed by atoms with Crippen LogP contribution in [0.4, 0.5) is 0 Å². The lowest BCUT2D eigenvalue weighted by Crippen LogP contribution is -1.85. The Morgan fingerprint density at radius 1 is 1.27 bits per heavy atom. The van der Waals surface area contributed by atoms with Gasteiger partial charge in [-0.3, -0.25) is 0 Å². The summed E-state index contributed by atoms with van der Waals surface area (Å²) in [6.07, 6.45) is 0. The summed E-state index contributed by atoms with van der Waals surface area (Å²) < 4.78 is 8.71. The molecule has 0 fully saturated rings. The number of benzene rings is 1. The Hall–Kier alpha value is -0.670. The van der Waals surface area contributed by atoms with E-state index in [4.69, 9.17) is 9.66 Å². The molecule has 1 aromatic rings. The summed E-state index contributed by atoms with van der Waals surface area (Å²) >= 11 is 0.802. The lowest BCUT2D eigenvalue weighted by molar-refractivity contribution is 0.475. The molecule has 0 aromatic heterocycles. The summed E-state index contributed by atoms with van der Waals surface area (Å²) in [6, 6.07) is 6.82. The molecule has 0 saturated carbocycles. The van der Waals surface area contributed by atoms with Crippen LogP contribution < -0.4 is 0 Å². The van der Waals surface area contributed by atoms with Gasteiger partial charge in [-0.2, -0.15) is 0 Å². The summed E-state index contributed by atoms with van der Waals surface area (Å²) in [7, 11) is 0. The highest BCUT2D eigenvalue weighted by molar-refractivity contribution is 7.93. The largest absolute Gasteiger partial charge is 0.508 e. The minimum absolute atomic E-state index is 0.0654. The molecule has 1 rings (SSSR count). The second kappa shape index (κ2) is 3.64. The maximum atomic E-state index is 8.94. The molecule has 0 saturated heterocycles. The van der Waals surface area contributed by atoms with Crippen LogP contribution in [-0.4, -0.2) is 9.66 Å². The van der Waals surface area contributed by atoms with Gasteiger partial charge in [0, 0.05) is 0 Å². The highest BCUT2D eigenvalue weighted by Crippen LogP contribution is 2.26. The highest BCUT2D eigenvalue weighted by Gasteiger charge is 2.03. The first kappa shape index (κ1) is 8.43. The first-order chi connectivity index (χ1) is 5.24. The van der Waals surface area contributed by atoms with Gasteiger partial charge in [-0.05, 0) is 36.7 Å². The van der Waals surface area contributed by atoms with Gasteiger partial charge in [-0.25, -0.2) is 0 Å². The number of phenols is 1. The summed E-state index contributed by atoms with van der Waals surface area (Å²) in [4.78, 5) is 0. The highest BCUT2D eigenvalue weighted by atomic mass is 32.2. The Morgan fingerprint density at radius 3 is 2.27 bits per heavy atom. The van der Waals surface area contributed by atoms with Gasteiger partial charge in [0.05, 0.1) is 5.25 Å². The molecule has 0 spiro atoms. The standard InChI is InChI=1S/C8H10O2S/c1-6(11-10)7-2-4-8(9)5-3-7/h2-6,9-10H,1H3. The molecule has 2 N–H and O–H groups in total. The summed E-state index contributed by atoms with van der Waals surface area (Å²) in [5.41, 5.74) is 1.01. The van der Waals surface area contributed by atoms with Gasteiger partial charge in [0.25, 0.3) is 0 Å². The van der Waals surface area contributed by atoms with Crippen molar-refractivity contribution in [3.63, 3.8) is 0 Å². The normalized spacial score (nSPS) is 12.9. The fraction of sp³-hybridized carbons (Fsp3) is 0.250. The van der Waals surface area contributed by atoms with Crippen LogP contribution in [-0.2, 0) is 0 Å². The molecule has 1 aromatic carbocycles. The molecule has 0 aliphatic carbocycles. The fourth-order valence-electron chi connectivity index (χ4n) is 0.806. The van der Waals surface area contributed by atoms with Crippen LogP contribution in [0.15, 0.2) is 24.3 Å². The molecule has 0 radical (unpaired) electrons. The lowest BCUT2D eigenvalue weighted by Gasteiger charge is -2.05. The Kier molecular flexibility index (Phi) is 2.79. The second-order valence-corrected chi connectivity index (χ2v) is 3.26. The zero-order valence-corrected chi connectivity index (χ0v) is 7.01. The van der Waals surface area contributed by atoms with Crippen molar-refractivity contribution in [1.82, 2.24) is 0 Å². The third-order valence-electron chi connectivity index (χ3n) is 1.52. The zero-order chi connectivity index (χ0) is 8.27. The smallest absolute Gasteiger partial charge is 0.115 e. The molecule has 0 heterocycles. The second-order valence-electron chi connectivity index (χ2n) is 2.34. The van der Waals surface area contributed by atoms with E-state index in [0.717, 1.165) is 17.6 Å². The van der Waals surface area contributed by atoms with Crippen LogP contribution in [0.3, 0.4) is 0 Å². The van der Waals surface area contributed by atoms with E-state index in [-0.39, 0.29) is 11.0 Å². The molecular formula is C8H10O2S.